The number of nitrogens with one attached hydrogen (secondary N) is 2. The van der Waals surface area contributed by atoms with Gasteiger partial charge in [0.1, 0.15) is 0 Å². The first-order valence-corrected chi connectivity index (χ1v) is 6.59. The van der Waals surface area contributed by atoms with Crippen LogP contribution in [-0.2, 0) is 11.0 Å². The third-order valence-corrected chi connectivity index (χ3v) is 3.47. The van der Waals surface area contributed by atoms with Crippen molar-refractivity contribution in [2.45, 2.75) is 38.0 Å². The molecular weight excluding hydrogens is 269 g/mol. The van der Waals surface area contributed by atoms with Crippen molar-refractivity contribution in [1.82, 2.24) is 10.6 Å². The number of benzene rings is 1. The Hall–Kier alpha value is -1.56. The summed E-state index contributed by atoms with van der Waals surface area (Å²) in [5, 5.41) is 5.90. The first-order chi connectivity index (χ1) is 9.38. The van der Waals surface area contributed by atoms with Gasteiger partial charge in [0.05, 0.1) is 17.6 Å². The van der Waals surface area contributed by atoms with E-state index in [0.717, 1.165) is 31.5 Å². The Kier molecular flexibility index (Phi) is 4.32. The Labute approximate surface area is 115 Å². The minimum atomic E-state index is -4.33. The number of rotatable bonds is 3. The molecule has 20 heavy (non-hydrogen) atoms. The van der Waals surface area contributed by atoms with Gasteiger partial charge < -0.3 is 10.6 Å². The molecule has 110 valence electrons. The van der Waals surface area contributed by atoms with Crippen molar-refractivity contribution < 1.29 is 18.0 Å². The molecule has 2 rings (SSSR count). The molecule has 6 heteroatoms. The molecule has 1 heterocycles. The summed E-state index contributed by atoms with van der Waals surface area (Å²) in [5.41, 5.74) is -0.0263. The van der Waals surface area contributed by atoms with E-state index in [2.05, 4.69) is 10.6 Å². The van der Waals surface area contributed by atoms with Gasteiger partial charge in [0.15, 0.2) is 0 Å². The number of amides is 1. The van der Waals surface area contributed by atoms with Gasteiger partial charge in [-0.3, -0.25) is 4.79 Å². The third kappa shape index (κ3) is 3.50. The Morgan fingerprint density at radius 3 is 2.50 bits per heavy atom. The van der Waals surface area contributed by atoms with Gasteiger partial charge in [0.25, 0.3) is 0 Å². The molecule has 1 aromatic rings. The topological polar surface area (TPSA) is 41.1 Å². The van der Waals surface area contributed by atoms with Crippen LogP contribution in [0, 0.1) is 0 Å². The molecule has 2 atom stereocenters. The van der Waals surface area contributed by atoms with E-state index in [0.29, 0.717) is 5.56 Å². The highest BCUT2D eigenvalue weighted by molar-refractivity contribution is 5.82. The molecule has 0 aliphatic carbocycles. The quantitative estimate of drug-likeness (QED) is 0.897. The summed E-state index contributed by atoms with van der Waals surface area (Å²) in [6.07, 6.45) is -2.57. The van der Waals surface area contributed by atoms with Crippen molar-refractivity contribution >= 4 is 5.91 Å². The lowest BCUT2D eigenvalue weighted by molar-refractivity contribution is -0.137. The average Bonchev–Trinajstić information content (AvgIpc) is 2.91. The van der Waals surface area contributed by atoms with Crippen LogP contribution in [0.2, 0.25) is 0 Å². The van der Waals surface area contributed by atoms with Gasteiger partial charge in [0, 0.05) is 0 Å². The fraction of sp³-hybridized carbons (Fsp3) is 0.500. The molecule has 0 aromatic heterocycles. The first kappa shape index (κ1) is 14.8. The summed E-state index contributed by atoms with van der Waals surface area (Å²) in [6.45, 7) is 2.59. The molecule has 0 radical (unpaired) electrons. The standard InChI is InChI=1S/C14H17F3N2O/c1-9(19-13(20)12-3-2-8-18-12)10-4-6-11(7-5-10)14(15,16)17/h4-7,9,12,18H,2-3,8H2,1H3,(H,19,20)/t9?,12-/m1/s1. The largest absolute Gasteiger partial charge is 0.416 e. The van der Waals surface area contributed by atoms with Crippen LogP contribution < -0.4 is 10.6 Å². The van der Waals surface area contributed by atoms with Gasteiger partial charge in [-0.2, -0.15) is 13.2 Å². The SMILES string of the molecule is CC(NC(=O)[C@H]1CCCN1)c1ccc(C(F)(F)F)cc1. The van der Waals surface area contributed by atoms with E-state index >= 15 is 0 Å². The maximum absolute atomic E-state index is 12.5. The zero-order chi connectivity index (χ0) is 14.8. The smallest absolute Gasteiger partial charge is 0.348 e. The van der Waals surface area contributed by atoms with Crippen LogP contribution in [0.1, 0.15) is 36.9 Å². The highest BCUT2D eigenvalue weighted by Crippen LogP contribution is 2.29. The molecule has 0 saturated carbocycles. The van der Waals surface area contributed by atoms with Crippen molar-refractivity contribution in [2.75, 3.05) is 6.54 Å². The van der Waals surface area contributed by atoms with Gasteiger partial charge in [-0.1, -0.05) is 12.1 Å². The van der Waals surface area contributed by atoms with E-state index in [1.807, 2.05) is 0 Å². The predicted octanol–water partition coefficient (Wildman–Crippen LogP) is 2.63. The summed E-state index contributed by atoms with van der Waals surface area (Å²) in [5.74, 6) is -0.102. The summed E-state index contributed by atoms with van der Waals surface area (Å²) < 4.78 is 37.4. The van der Waals surface area contributed by atoms with Crippen LogP contribution in [0.5, 0.6) is 0 Å². The fourth-order valence-corrected chi connectivity index (χ4v) is 2.27. The number of hydrogen-bond acceptors (Lipinski definition) is 2. The monoisotopic (exact) mass is 286 g/mol. The molecule has 0 spiro atoms. The molecule has 1 aliphatic rings. The number of hydrogen-bond donors (Lipinski definition) is 2. The first-order valence-electron chi connectivity index (χ1n) is 6.59. The Balaban J connectivity index is 1.98. The Morgan fingerprint density at radius 2 is 2.00 bits per heavy atom. The highest BCUT2D eigenvalue weighted by Gasteiger charge is 2.30. The summed E-state index contributed by atoms with van der Waals surface area (Å²) in [7, 11) is 0. The minimum absolute atomic E-state index is 0.102. The number of alkyl halides is 3. The van der Waals surface area contributed by atoms with Crippen LogP contribution >= 0.6 is 0 Å². The predicted molar refractivity (Wildman–Crippen MR) is 69.0 cm³/mol. The minimum Gasteiger partial charge on any atom is -0.348 e. The van der Waals surface area contributed by atoms with Crippen LogP contribution in [0.15, 0.2) is 24.3 Å². The van der Waals surface area contributed by atoms with Gasteiger partial charge >= 0.3 is 6.18 Å². The van der Waals surface area contributed by atoms with E-state index in [4.69, 9.17) is 0 Å². The van der Waals surface area contributed by atoms with Crippen molar-refractivity contribution in [3.63, 3.8) is 0 Å². The van der Waals surface area contributed by atoms with E-state index in [9.17, 15) is 18.0 Å². The maximum Gasteiger partial charge on any atom is 0.416 e. The van der Waals surface area contributed by atoms with Crippen molar-refractivity contribution in [1.29, 1.82) is 0 Å². The second-order valence-electron chi connectivity index (χ2n) is 5.00. The van der Waals surface area contributed by atoms with Crippen LogP contribution in [0.3, 0.4) is 0 Å². The van der Waals surface area contributed by atoms with Crippen LogP contribution in [0.25, 0.3) is 0 Å². The molecule has 1 saturated heterocycles. The summed E-state index contributed by atoms with van der Waals surface area (Å²) >= 11 is 0. The lowest BCUT2D eigenvalue weighted by atomic mass is 10.1. The third-order valence-electron chi connectivity index (χ3n) is 3.47. The molecule has 1 unspecified atom stereocenters. The van der Waals surface area contributed by atoms with E-state index in [-0.39, 0.29) is 18.0 Å². The number of halogens is 3. The van der Waals surface area contributed by atoms with Crippen LogP contribution in [0.4, 0.5) is 13.2 Å². The fourth-order valence-electron chi connectivity index (χ4n) is 2.27. The second kappa shape index (κ2) is 5.83. The molecular formula is C14H17F3N2O. The molecule has 3 nitrogen and oxygen atoms in total. The molecule has 1 aliphatic heterocycles. The second-order valence-corrected chi connectivity index (χ2v) is 5.00. The van der Waals surface area contributed by atoms with Crippen molar-refractivity contribution in [3.05, 3.63) is 35.4 Å². The lowest BCUT2D eigenvalue weighted by Crippen LogP contribution is -2.41. The number of carbonyl (C=O) groups excluding carboxylic acids is 1. The van der Waals surface area contributed by atoms with Crippen molar-refractivity contribution in [2.24, 2.45) is 0 Å². The molecule has 2 N–H and O–H groups in total. The van der Waals surface area contributed by atoms with Gasteiger partial charge in [-0.05, 0) is 44.0 Å². The Bertz CT molecular complexity index is 464. The van der Waals surface area contributed by atoms with Gasteiger partial charge in [0.2, 0.25) is 5.91 Å². The molecule has 1 aromatic carbocycles. The van der Waals surface area contributed by atoms with Gasteiger partial charge in [-0.25, -0.2) is 0 Å². The molecule has 0 bridgehead atoms. The van der Waals surface area contributed by atoms with Gasteiger partial charge in [-0.15, -0.1) is 0 Å². The zero-order valence-corrected chi connectivity index (χ0v) is 11.1. The maximum atomic E-state index is 12.5. The summed E-state index contributed by atoms with van der Waals surface area (Å²) in [6, 6.07) is 4.36. The Morgan fingerprint density at radius 1 is 1.35 bits per heavy atom. The molecule has 1 fully saturated rings. The van der Waals surface area contributed by atoms with E-state index in [1.165, 1.54) is 12.1 Å². The van der Waals surface area contributed by atoms with E-state index < -0.39 is 11.7 Å². The lowest BCUT2D eigenvalue weighted by Gasteiger charge is -2.18. The summed E-state index contributed by atoms with van der Waals surface area (Å²) in [4.78, 5) is 11.9. The average molecular weight is 286 g/mol. The normalized spacial score (nSPS) is 20.7. The zero-order valence-electron chi connectivity index (χ0n) is 11.1. The van der Waals surface area contributed by atoms with E-state index in [1.54, 1.807) is 6.92 Å². The highest BCUT2D eigenvalue weighted by atomic mass is 19.4. The van der Waals surface area contributed by atoms with Crippen molar-refractivity contribution in [3.8, 4) is 0 Å². The molecule has 1 amide bonds. The van der Waals surface area contributed by atoms with Crippen LogP contribution in [-0.4, -0.2) is 18.5 Å². The number of carbonyl (C=O) groups is 1.